The highest BCUT2D eigenvalue weighted by molar-refractivity contribution is 5.98. The first kappa shape index (κ1) is 19.1. The molecule has 0 aliphatic rings. The van der Waals surface area contributed by atoms with Gasteiger partial charge in [0.25, 0.3) is 0 Å². The second-order valence-electron chi connectivity index (χ2n) is 5.75. The number of alkyl halides is 3. The van der Waals surface area contributed by atoms with Crippen molar-refractivity contribution in [3.63, 3.8) is 0 Å². The summed E-state index contributed by atoms with van der Waals surface area (Å²) in [6, 6.07) is 2.90. The van der Waals surface area contributed by atoms with E-state index >= 15 is 0 Å². The summed E-state index contributed by atoms with van der Waals surface area (Å²) in [5, 5.41) is 17.0. The molecule has 1 amide bonds. The summed E-state index contributed by atoms with van der Waals surface area (Å²) < 4.78 is 40.1. The highest BCUT2D eigenvalue weighted by atomic mass is 19.4. The molecular formula is C17H15F3N6O2. The van der Waals surface area contributed by atoms with Gasteiger partial charge in [-0.2, -0.15) is 18.3 Å². The van der Waals surface area contributed by atoms with E-state index in [-0.39, 0.29) is 36.1 Å². The molecule has 146 valence electrons. The van der Waals surface area contributed by atoms with E-state index in [0.29, 0.717) is 11.0 Å². The maximum atomic E-state index is 12.9. The minimum atomic E-state index is -4.68. The Morgan fingerprint density at radius 2 is 2.11 bits per heavy atom. The van der Waals surface area contributed by atoms with Gasteiger partial charge in [0.2, 0.25) is 5.91 Å². The summed E-state index contributed by atoms with van der Waals surface area (Å²) in [4.78, 5) is 19.3. The van der Waals surface area contributed by atoms with Crippen LogP contribution in [0.3, 0.4) is 0 Å². The van der Waals surface area contributed by atoms with Crippen molar-refractivity contribution < 1.29 is 23.1 Å². The zero-order chi connectivity index (χ0) is 20.5. The van der Waals surface area contributed by atoms with Gasteiger partial charge in [0.15, 0.2) is 5.65 Å². The Hall–Kier alpha value is -3.63. The van der Waals surface area contributed by atoms with Gasteiger partial charge in [-0.1, -0.05) is 12.6 Å². The molecule has 0 aliphatic heterocycles. The van der Waals surface area contributed by atoms with E-state index in [1.54, 1.807) is 0 Å². The largest absolute Gasteiger partial charge is 0.507 e. The lowest BCUT2D eigenvalue weighted by Gasteiger charge is -2.09. The summed E-state index contributed by atoms with van der Waals surface area (Å²) in [7, 11) is 0. The minimum Gasteiger partial charge on any atom is -0.507 e. The number of hydrogen-bond donors (Lipinski definition) is 3. The van der Waals surface area contributed by atoms with Crippen LogP contribution in [0.1, 0.15) is 5.56 Å². The molecule has 3 aromatic rings. The minimum absolute atomic E-state index is 0.0840. The van der Waals surface area contributed by atoms with Gasteiger partial charge in [0.1, 0.15) is 23.6 Å². The fourth-order valence-corrected chi connectivity index (χ4v) is 2.66. The average molecular weight is 392 g/mol. The van der Waals surface area contributed by atoms with Crippen molar-refractivity contribution in [2.24, 2.45) is 0 Å². The molecule has 8 nitrogen and oxygen atoms in total. The molecule has 0 atom stereocenters. The third-order valence-corrected chi connectivity index (χ3v) is 3.94. The zero-order valence-electron chi connectivity index (χ0n) is 14.4. The number of halogens is 3. The number of aromatic hydroxyl groups is 1. The Balaban J connectivity index is 2.05. The van der Waals surface area contributed by atoms with E-state index in [0.717, 1.165) is 18.2 Å². The SMILES string of the molecule is C=CC(=O)NCCn1nc(-c2ccc(C(F)(F)F)c(O)c2)c2c(N)ncnc21. The second kappa shape index (κ2) is 7.18. The lowest BCUT2D eigenvalue weighted by Crippen LogP contribution is -2.25. The number of benzene rings is 1. The second-order valence-corrected chi connectivity index (χ2v) is 5.75. The highest BCUT2D eigenvalue weighted by Gasteiger charge is 2.34. The first-order valence-electron chi connectivity index (χ1n) is 8.00. The van der Waals surface area contributed by atoms with Crippen LogP contribution in [0.4, 0.5) is 19.0 Å². The van der Waals surface area contributed by atoms with Crippen molar-refractivity contribution in [2.45, 2.75) is 12.7 Å². The fraction of sp³-hybridized carbons (Fsp3) is 0.176. The number of anilines is 1. The van der Waals surface area contributed by atoms with E-state index in [1.807, 2.05) is 0 Å². The number of fused-ring (bicyclic) bond motifs is 1. The molecule has 1 aromatic carbocycles. The molecule has 0 fully saturated rings. The lowest BCUT2D eigenvalue weighted by molar-refractivity contribution is -0.138. The third kappa shape index (κ3) is 3.59. The van der Waals surface area contributed by atoms with Crippen molar-refractivity contribution >= 4 is 22.8 Å². The van der Waals surface area contributed by atoms with Crippen LogP contribution in [0.5, 0.6) is 5.75 Å². The number of rotatable bonds is 5. The van der Waals surface area contributed by atoms with E-state index < -0.39 is 17.5 Å². The molecule has 0 spiro atoms. The van der Waals surface area contributed by atoms with Gasteiger partial charge in [-0.3, -0.25) is 4.79 Å². The predicted molar refractivity (Wildman–Crippen MR) is 95.0 cm³/mol. The van der Waals surface area contributed by atoms with Gasteiger partial charge in [0, 0.05) is 12.1 Å². The van der Waals surface area contributed by atoms with Crippen molar-refractivity contribution in [3.8, 4) is 17.0 Å². The number of amides is 1. The molecule has 0 unspecified atom stereocenters. The Bertz CT molecular complexity index is 1060. The number of nitrogen functional groups attached to an aromatic ring is 1. The van der Waals surface area contributed by atoms with E-state index in [9.17, 15) is 23.1 Å². The number of hydrogen-bond acceptors (Lipinski definition) is 6. The first-order valence-corrected chi connectivity index (χ1v) is 8.00. The fourth-order valence-electron chi connectivity index (χ4n) is 2.66. The Morgan fingerprint density at radius 3 is 2.75 bits per heavy atom. The molecule has 0 saturated heterocycles. The van der Waals surface area contributed by atoms with Crippen LogP contribution in [-0.2, 0) is 17.5 Å². The molecule has 3 rings (SSSR count). The highest BCUT2D eigenvalue weighted by Crippen LogP contribution is 2.39. The third-order valence-electron chi connectivity index (χ3n) is 3.94. The quantitative estimate of drug-likeness (QED) is 0.572. The van der Waals surface area contributed by atoms with E-state index in [4.69, 9.17) is 5.73 Å². The number of nitrogens with two attached hydrogens (primary N) is 1. The number of aromatic nitrogens is 4. The van der Waals surface area contributed by atoms with E-state index in [2.05, 4.69) is 27.0 Å². The molecule has 0 bridgehead atoms. The van der Waals surface area contributed by atoms with Crippen LogP contribution >= 0.6 is 0 Å². The van der Waals surface area contributed by atoms with Gasteiger partial charge in [-0.15, -0.1) is 0 Å². The number of phenols is 1. The Labute approximate surface area is 156 Å². The average Bonchev–Trinajstić information content (AvgIpc) is 3.00. The maximum absolute atomic E-state index is 12.9. The monoisotopic (exact) mass is 392 g/mol. The van der Waals surface area contributed by atoms with Gasteiger partial charge < -0.3 is 16.2 Å². The number of phenolic OH excluding ortho intramolecular Hbond substituents is 1. The number of carbonyl (C=O) groups excluding carboxylic acids is 1. The number of nitrogens with zero attached hydrogens (tertiary/aromatic N) is 4. The van der Waals surface area contributed by atoms with Gasteiger partial charge in [-0.05, 0) is 18.2 Å². The van der Waals surface area contributed by atoms with Crippen LogP contribution in [0.25, 0.3) is 22.3 Å². The van der Waals surface area contributed by atoms with Gasteiger partial charge in [-0.25, -0.2) is 14.6 Å². The van der Waals surface area contributed by atoms with Gasteiger partial charge >= 0.3 is 6.18 Å². The zero-order valence-corrected chi connectivity index (χ0v) is 14.4. The summed E-state index contributed by atoms with van der Waals surface area (Å²) >= 11 is 0. The molecule has 28 heavy (non-hydrogen) atoms. The summed E-state index contributed by atoms with van der Waals surface area (Å²) in [6.45, 7) is 3.78. The summed E-state index contributed by atoms with van der Waals surface area (Å²) in [5.74, 6) is -1.21. The van der Waals surface area contributed by atoms with Crippen molar-refractivity contribution in [2.75, 3.05) is 12.3 Å². The van der Waals surface area contributed by atoms with Crippen LogP contribution in [0.15, 0.2) is 37.2 Å². The predicted octanol–water partition coefficient (Wildman–Crippen LogP) is 2.10. The summed E-state index contributed by atoms with van der Waals surface area (Å²) in [6.07, 6.45) is -2.33. The standard InChI is InChI=1S/C17H15F3N6O2/c1-2-12(28)22-5-6-26-16-13(15(21)23-8-24-16)14(25-26)9-3-4-10(11(27)7-9)17(18,19)20/h2-4,7-8,27H,1,5-6H2,(H,22,28)(H2,21,23,24). The molecule has 0 saturated carbocycles. The molecule has 11 heteroatoms. The Morgan fingerprint density at radius 1 is 1.36 bits per heavy atom. The van der Waals surface area contributed by atoms with Crippen LogP contribution in [0, 0.1) is 0 Å². The topological polar surface area (TPSA) is 119 Å². The van der Waals surface area contributed by atoms with Crippen LogP contribution in [0.2, 0.25) is 0 Å². The number of carbonyl (C=O) groups is 1. The molecule has 4 N–H and O–H groups in total. The molecule has 0 radical (unpaired) electrons. The van der Waals surface area contributed by atoms with Crippen molar-refractivity contribution in [3.05, 3.63) is 42.7 Å². The molecular weight excluding hydrogens is 377 g/mol. The van der Waals surface area contributed by atoms with E-state index in [1.165, 1.54) is 17.1 Å². The molecule has 2 aromatic heterocycles. The van der Waals surface area contributed by atoms with Gasteiger partial charge in [0.05, 0.1) is 17.5 Å². The lowest BCUT2D eigenvalue weighted by atomic mass is 10.1. The van der Waals surface area contributed by atoms with Crippen molar-refractivity contribution in [1.82, 2.24) is 25.1 Å². The molecule has 2 heterocycles. The normalized spacial score (nSPS) is 11.5. The maximum Gasteiger partial charge on any atom is 0.419 e. The van der Waals surface area contributed by atoms with Crippen LogP contribution < -0.4 is 11.1 Å². The van der Waals surface area contributed by atoms with Crippen LogP contribution in [-0.4, -0.2) is 37.3 Å². The molecule has 0 aliphatic carbocycles. The first-order chi connectivity index (χ1) is 13.2. The van der Waals surface area contributed by atoms with Crippen molar-refractivity contribution in [1.29, 1.82) is 0 Å². The smallest absolute Gasteiger partial charge is 0.419 e. The summed E-state index contributed by atoms with van der Waals surface area (Å²) in [5.41, 5.74) is 5.53. The Kier molecular flexibility index (Phi) is 4.91. The number of nitrogens with one attached hydrogen (secondary N) is 1.